The van der Waals surface area contributed by atoms with Crippen LogP contribution in [0.25, 0.3) is 0 Å². The highest BCUT2D eigenvalue weighted by atomic mass is 16.6. The summed E-state index contributed by atoms with van der Waals surface area (Å²) < 4.78 is 0. The average Bonchev–Trinajstić information content (AvgIpc) is 2.44. The van der Waals surface area contributed by atoms with Crippen LogP contribution >= 0.6 is 0 Å². The normalized spacial score (nSPS) is 22.0. The molecule has 1 fully saturated rings. The van der Waals surface area contributed by atoms with Gasteiger partial charge in [-0.3, -0.25) is 20.8 Å². The Morgan fingerprint density at radius 1 is 1.38 bits per heavy atom. The summed E-state index contributed by atoms with van der Waals surface area (Å²) in [5, 5.41) is 10.9. The van der Waals surface area contributed by atoms with E-state index in [1.807, 2.05) is 0 Å². The van der Waals surface area contributed by atoms with Gasteiger partial charge in [-0.1, -0.05) is 13.8 Å². The molecule has 1 heterocycles. The first-order valence-corrected chi connectivity index (χ1v) is 6.96. The Morgan fingerprint density at radius 3 is 2.52 bits per heavy atom. The molecule has 7 heteroatoms. The van der Waals surface area contributed by atoms with Gasteiger partial charge >= 0.3 is 0 Å². The molecular formula is C14H20N4O3. The van der Waals surface area contributed by atoms with Crippen molar-refractivity contribution in [3.05, 3.63) is 33.9 Å². The topological polar surface area (TPSA) is 102 Å². The Kier molecular flexibility index (Phi) is 4.42. The van der Waals surface area contributed by atoms with Crippen LogP contribution in [0.3, 0.4) is 0 Å². The van der Waals surface area contributed by atoms with Crippen LogP contribution in [0.15, 0.2) is 18.2 Å². The monoisotopic (exact) mass is 292 g/mol. The SMILES string of the molecule is CC1CC(C)CN(C(=O)c2ccc([N+](=O)[O-])c(NN)c2)C1. The number of piperidine rings is 1. The molecule has 3 N–H and O–H groups in total. The molecule has 0 radical (unpaired) electrons. The standard InChI is InChI=1S/C14H20N4O3/c1-9-5-10(2)8-17(7-9)14(19)11-3-4-13(18(20)21)12(6-11)16-15/h3-4,6,9-10,16H,5,7-8,15H2,1-2H3. The molecule has 1 aliphatic rings. The maximum atomic E-state index is 12.5. The average molecular weight is 292 g/mol. The molecule has 1 aromatic carbocycles. The number of nitrogens with zero attached hydrogens (tertiary/aromatic N) is 2. The minimum Gasteiger partial charge on any atom is -0.338 e. The molecule has 7 nitrogen and oxygen atoms in total. The Morgan fingerprint density at radius 2 is 2.00 bits per heavy atom. The fourth-order valence-electron chi connectivity index (χ4n) is 2.96. The van der Waals surface area contributed by atoms with Crippen molar-refractivity contribution < 1.29 is 9.72 Å². The number of likely N-dealkylation sites (tertiary alicyclic amines) is 1. The van der Waals surface area contributed by atoms with Gasteiger partial charge in [-0.15, -0.1) is 0 Å². The summed E-state index contributed by atoms with van der Waals surface area (Å²) in [5.74, 6) is 6.11. The second kappa shape index (κ2) is 6.09. The van der Waals surface area contributed by atoms with Gasteiger partial charge < -0.3 is 10.3 Å². The number of nitro benzene ring substituents is 1. The number of rotatable bonds is 3. The van der Waals surface area contributed by atoms with Crippen LogP contribution in [-0.4, -0.2) is 28.8 Å². The summed E-state index contributed by atoms with van der Waals surface area (Å²) in [7, 11) is 0. The summed E-state index contributed by atoms with van der Waals surface area (Å²) in [4.78, 5) is 24.7. The Hall–Kier alpha value is -2.15. The number of benzene rings is 1. The lowest BCUT2D eigenvalue weighted by Crippen LogP contribution is -2.42. The first-order chi connectivity index (χ1) is 9.92. The van der Waals surface area contributed by atoms with Gasteiger partial charge in [-0.25, -0.2) is 0 Å². The van der Waals surface area contributed by atoms with E-state index in [0.29, 0.717) is 30.5 Å². The predicted molar refractivity (Wildman–Crippen MR) is 79.8 cm³/mol. The highest BCUT2D eigenvalue weighted by molar-refractivity contribution is 5.96. The van der Waals surface area contributed by atoms with Crippen molar-refractivity contribution in [2.45, 2.75) is 20.3 Å². The Bertz CT molecular complexity index is 551. The summed E-state index contributed by atoms with van der Waals surface area (Å²) in [6.07, 6.45) is 1.11. The zero-order valence-electron chi connectivity index (χ0n) is 12.2. The van der Waals surface area contributed by atoms with Gasteiger partial charge in [0.2, 0.25) is 0 Å². The second-order valence-electron chi connectivity index (χ2n) is 5.79. The van der Waals surface area contributed by atoms with E-state index in [-0.39, 0.29) is 17.3 Å². The van der Waals surface area contributed by atoms with E-state index in [1.54, 1.807) is 4.90 Å². The van der Waals surface area contributed by atoms with Crippen LogP contribution in [0, 0.1) is 22.0 Å². The number of nitro groups is 1. The fraction of sp³-hybridized carbons (Fsp3) is 0.500. The van der Waals surface area contributed by atoms with E-state index < -0.39 is 4.92 Å². The molecule has 2 unspecified atom stereocenters. The maximum Gasteiger partial charge on any atom is 0.293 e. The number of amides is 1. The summed E-state index contributed by atoms with van der Waals surface area (Å²) in [6.45, 7) is 5.67. The molecule has 21 heavy (non-hydrogen) atoms. The minimum atomic E-state index is -0.533. The quantitative estimate of drug-likeness (QED) is 0.504. The maximum absolute atomic E-state index is 12.5. The third-order valence-corrected chi connectivity index (χ3v) is 3.75. The van der Waals surface area contributed by atoms with Gasteiger partial charge in [-0.05, 0) is 30.4 Å². The highest BCUT2D eigenvalue weighted by Crippen LogP contribution is 2.27. The molecule has 1 aromatic rings. The molecule has 0 aliphatic carbocycles. The molecular weight excluding hydrogens is 272 g/mol. The molecule has 0 saturated carbocycles. The van der Waals surface area contributed by atoms with Crippen LogP contribution in [-0.2, 0) is 0 Å². The number of nitrogens with two attached hydrogens (primary N) is 1. The molecule has 0 spiro atoms. The number of anilines is 1. The summed E-state index contributed by atoms with van der Waals surface area (Å²) in [6, 6.07) is 4.22. The van der Waals surface area contributed by atoms with Crippen LogP contribution in [0.1, 0.15) is 30.6 Å². The molecule has 1 aliphatic heterocycles. The largest absolute Gasteiger partial charge is 0.338 e. The van der Waals surface area contributed by atoms with Crippen molar-refractivity contribution >= 4 is 17.3 Å². The van der Waals surface area contributed by atoms with Gasteiger partial charge in [0.15, 0.2) is 0 Å². The van der Waals surface area contributed by atoms with Gasteiger partial charge in [0.05, 0.1) is 4.92 Å². The molecule has 114 valence electrons. The number of nitrogens with one attached hydrogen (secondary N) is 1. The number of carbonyl (C=O) groups is 1. The van der Waals surface area contributed by atoms with Gasteiger partial charge in [0.1, 0.15) is 5.69 Å². The second-order valence-corrected chi connectivity index (χ2v) is 5.79. The zero-order chi connectivity index (χ0) is 15.6. The lowest BCUT2D eigenvalue weighted by molar-refractivity contribution is -0.384. The third-order valence-electron chi connectivity index (χ3n) is 3.75. The number of nitrogen functional groups attached to an aromatic ring is 1. The molecule has 2 atom stereocenters. The van der Waals surface area contributed by atoms with E-state index in [9.17, 15) is 14.9 Å². The molecule has 0 bridgehead atoms. The molecule has 1 saturated heterocycles. The Balaban J connectivity index is 2.25. The van der Waals surface area contributed by atoms with E-state index in [1.165, 1.54) is 18.2 Å². The van der Waals surface area contributed by atoms with Gasteiger partial charge in [-0.2, -0.15) is 0 Å². The molecule has 0 aromatic heterocycles. The van der Waals surface area contributed by atoms with Crippen molar-refractivity contribution in [2.24, 2.45) is 17.7 Å². The van der Waals surface area contributed by atoms with Crippen molar-refractivity contribution in [3.63, 3.8) is 0 Å². The van der Waals surface area contributed by atoms with Crippen molar-refractivity contribution in [3.8, 4) is 0 Å². The zero-order valence-corrected chi connectivity index (χ0v) is 12.2. The van der Waals surface area contributed by atoms with Gasteiger partial charge in [0.25, 0.3) is 11.6 Å². The number of hydrogen-bond donors (Lipinski definition) is 2. The van der Waals surface area contributed by atoms with Crippen LogP contribution < -0.4 is 11.3 Å². The lowest BCUT2D eigenvalue weighted by Gasteiger charge is -2.35. The predicted octanol–water partition coefficient (Wildman–Crippen LogP) is 2.00. The fourth-order valence-corrected chi connectivity index (χ4v) is 2.96. The van der Waals surface area contributed by atoms with E-state index in [0.717, 1.165) is 6.42 Å². The van der Waals surface area contributed by atoms with Crippen molar-refractivity contribution in [1.82, 2.24) is 4.90 Å². The lowest BCUT2D eigenvalue weighted by atomic mass is 9.91. The van der Waals surface area contributed by atoms with E-state index >= 15 is 0 Å². The minimum absolute atomic E-state index is 0.111. The number of hydrazine groups is 1. The molecule has 1 amide bonds. The van der Waals surface area contributed by atoms with Crippen molar-refractivity contribution in [1.29, 1.82) is 0 Å². The van der Waals surface area contributed by atoms with Crippen molar-refractivity contribution in [2.75, 3.05) is 18.5 Å². The first-order valence-electron chi connectivity index (χ1n) is 6.96. The smallest absolute Gasteiger partial charge is 0.293 e. The van der Waals surface area contributed by atoms with Crippen LogP contribution in [0.2, 0.25) is 0 Å². The Labute approximate surface area is 123 Å². The van der Waals surface area contributed by atoms with E-state index in [2.05, 4.69) is 19.3 Å². The van der Waals surface area contributed by atoms with Gasteiger partial charge in [0, 0.05) is 24.7 Å². The van der Waals surface area contributed by atoms with E-state index in [4.69, 9.17) is 5.84 Å². The highest BCUT2D eigenvalue weighted by Gasteiger charge is 2.27. The summed E-state index contributed by atoms with van der Waals surface area (Å²) >= 11 is 0. The number of carbonyl (C=O) groups excluding carboxylic acids is 1. The first kappa shape index (κ1) is 15.2. The van der Waals surface area contributed by atoms with Crippen LogP contribution in [0.5, 0.6) is 0 Å². The molecule has 2 rings (SSSR count). The number of hydrogen-bond acceptors (Lipinski definition) is 5. The third kappa shape index (κ3) is 3.30. The van der Waals surface area contributed by atoms with Crippen LogP contribution in [0.4, 0.5) is 11.4 Å². The summed E-state index contributed by atoms with van der Waals surface area (Å²) in [5.41, 5.74) is 2.69.